The molecule has 0 aliphatic heterocycles. The number of aryl methyl sites for hydroxylation is 2. The summed E-state index contributed by atoms with van der Waals surface area (Å²) >= 11 is 0. The van der Waals surface area contributed by atoms with Crippen LogP contribution < -0.4 is 11.4 Å². The molecule has 1 heterocycles. The molecule has 4 rings (SSSR count). The Morgan fingerprint density at radius 1 is 1.12 bits per heavy atom. The van der Waals surface area contributed by atoms with E-state index in [0.29, 0.717) is 24.0 Å². The molecule has 5 nitrogen and oxygen atoms in total. The first-order valence-electron chi connectivity index (χ1n) is 10.1. The van der Waals surface area contributed by atoms with Gasteiger partial charge in [-0.1, -0.05) is 36.4 Å². The zero-order valence-corrected chi connectivity index (χ0v) is 17.5. The second-order valence-corrected chi connectivity index (χ2v) is 7.89. The summed E-state index contributed by atoms with van der Waals surface area (Å²) in [6.07, 6.45) is -0.241. The Morgan fingerprint density at radius 2 is 1.88 bits per heavy atom. The Kier molecular flexibility index (Phi) is 5.65. The molecule has 0 radical (unpaired) electrons. The van der Waals surface area contributed by atoms with Crippen LogP contribution in [0.4, 0.5) is 23.4 Å². The molecule has 1 aliphatic rings. The average molecular weight is 457 g/mol. The topological polar surface area (TPSA) is 78.0 Å². The quantitative estimate of drug-likeness (QED) is 0.574. The van der Waals surface area contributed by atoms with Crippen molar-refractivity contribution in [3.8, 4) is 5.69 Å². The van der Waals surface area contributed by atoms with Gasteiger partial charge in [0.1, 0.15) is 11.6 Å². The number of nitrogen functional groups attached to an aromatic ring is 1. The highest BCUT2D eigenvalue weighted by Gasteiger charge is 2.39. The van der Waals surface area contributed by atoms with Gasteiger partial charge in [-0.15, -0.1) is 0 Å². The molecular weight excluding hydrogens is 438 g/mol. The molecule has 0 saturated carbocycles. The standard InChI is InChI=1S/C24H19F4N3O2/c1-13-10-16(12-19(22(13)25)31-9-8-21(29)30-23(31)33)18(24(26,27)28)6-3-14-2-5-17-15(11-14)4-7-20(17)32/h2-3,5-6,8-12,18H,4,7H2,1H3,(H2,29,30,33)/b6-3+. The van der Waals surface area contributed by atoms with Crippen molar-refractivity contribution < 1.29 is 22.4 Å². The Balaban J connectivity index is 1.77. The number of carbonyl (C=O) groups is 1. The van der Waals surface area contributed by atoms with Crippen LogP contribution in [-0.2, 0) is 6.42 Å². The number of fused-ring (bicyclic) bond motifs is 1. The molecule has 1 unspecified atom stereocenters. The molecule has 1 aromatic heterocycles. The van der Waals surface area contributed by atoms with Gasteiger partial charge in [-0.2, -0.15) is 18.2 Å². The van der Waals surface area contributed by atoms with E-state index in [1.165, 1.54) is 19.1 Å². The maximum Gasteiger partial charge on any atom is 0.399 e. The first-order chi connectivity index (χ1) is 15.5. The lowest BCUT2D eigenvalue weighted by Crippen LogP contribution is -2.24. The highest BCUT2D eigenvalue weighted by atomic mass is 19.4. The molecule has 0 fully saturated rings. The van der Waals surface area contributed by atoms with Crippen LogP contribution in [0.25, 0.3) is 11.8 Å². The molecule has 1 aliphatic carbocycles. The molecule has 33 heavy (non-hydrogen) atoms. The lowest BCUT2D eigenvalue weighted by molar-refractivity contribution is -0.139. The fourth-order valence-electron chi connectivity index (χ4n) is 3.93. The average Bonchev–Trinajstić information content (AvgIpc) is 3.10. The second-order valence-electron chi connectivity index (χ2n) is 7.89. The normalized spacial score (nSPS) is 14.6. The van der Waals surface area contributed by atoms with Gasteiger partial charge >= 0.3 is 11.9 Å². The number of anilines is 1. The van der Waals surface area contributed by atoms with Gasteiger partial charge in [0, 0.05) is 18.2 Å². The van der Waals surface area contributed by atoms with Gasteiger partial charge in [0.25, 0.3) is 0 Å². The first-order valence-corrected chi connectivity index (χ1v) is 10.1. The number of nitrogens with zero attached hydrogens (tertiary/aromatic N) is 2. The lowest BCUT2D eigenvalue weighted by Gasteiger charge is -2.20. The smallest absolute Gasteiger partial charge is 0.383 e. The molecule has 0 spiro atoms. The third kappa shape index (κ3) is 4.44. The second kappa shape index (κ2) is 8.31. The van der Waals surface area contributed by atoms with Crippen LogP contribution in [0.2, 0.25) is 0 Å². The van der Waals surface area contributed by atoms with E-state index in [-0.39, 0.29) is 28.4 Å². The van der Waals surface area contributed by atoms with E-state index in [9.17, 15) is 27.2 Å². The van der Waals surface area contributed by atoms with Crippen LogP contribution in [-0.4, -0.2) is 21.5 Å². The number of aromatic nitrogens is 2. The fraction of sp³-hybridized carbons (Fsp3) is 0.208. The van der Waals surface area contributed by atoms with E-state index in [1.807, 2.05) is 0 Å². The highest BCUT2D eigenvalue weighted by molar-refractivity contribution is 6.00. The largest absolute Gasteiger partial charge is 0.399 e. The van der Waals surface area contributed by atoms with Crippen LogP contribution in [0.5, 0.6) is 0 Å². The maximum absolute atomic E-state index is 14.8. The van der Waals surface area contributed by atoms with Crippen molar-refractivity contribution in [2.24, 2.45) is 0 Å². The minimum atomic E-state index is -4.67. The number of alkyl halides is 3. The molecule has 170 valence electrons. The van der Waals surface area contributed by atoms with Crippen LogP contribution in [0.15, 0.2) is 53.5 Å². The van der Waals surface area contributed by atoms with Crippen molar-refractivity contribution in [1.82, 2.24) is 9.55 Å². The molecule has 2 aromatic carbocycles. The van der Waals surface area contributed by atoms with Gasteiger partial charge in [0.05, 0.1) is 11.6 Å². The third-order valence-corrected chi connectivity index (χ3v) is 5.59. The van der Waals surface area contributed by atoms with Crippen LogP contribution in [0.3, 0.4) is 0 Å². The minimum Gasteiger partial charge on any atom is -0.383 e. The van der Waals surface area contributed by atoms with E-state index in [4.69, 9.17) is 5.73 Å². The maximum atomic E-state index is 14.8. The number of hydrogen-bond donors (Lipinski definition) is 1. The number of hydrogen-bond acceptors (Lipinski definition) is 4. The van der Waals surface area contributed by atoms with Crippen molar-refractivity contribution in [2.45, 2.75) is 31.9 Å². The number of carbonyl (C=O) groups excluding carboxylic acids is 1. The molecule has 0 amide bonds. The van der Waals surface area contributed by atoms with Crippen LogP contribution in [0, 0.1) is 12.7 Å². The fourth-order valence-corrected chi connectivity index (χ4v) is 3.93. The minimum absolute atomic E-state index is 0.0235. The van der Waals surface area contributed by atoms with Crippen LogP contribution >= 0.6 is 0 Å². The summed E-state index contributed by atoms with van der Waals surface area (Å²) in [7, 11) is 0. The number of Topliss-reactive ketones (excluding diaryl/α,β-unsaturated/α-hetero) is 1. The number of ketones is 1. The number of rotatable bonds is 4. The number of halogens is 4. The lowest BCUT2D eigenvalue weighted by atomic mass is 9.94. The third-order valence-electron chi connectivity index (χ3n) is 5.59. The van der Waals surface area contributed by atoms with Crippen molar-refractivity contribution in [2.75, 3.05) is 5.73 Å². The van der Waals surface area contributed by atoms with E-state index >= 15 is 0 Å². The molecule has 1 atom stereocenters. The Morgan fingerprint density at radius 3 is 2.58 bits per heavy atom. The van der Waals surface area contributed by atoms with E-state index in [1.54, 1.807) is 18.2 Å². The van der Waals surface area contributed by atoms with Crippen molar-refractivity contribution in [3.63, 3.8) is 0 Å². The summed E-state index contributed by atoms with van der Waals surface area (Å²) in [5.74, 6) is -2.95. The van der Waals surface area contributed by atoms with Gasteiger partial charge < -0.3 is 5.73 Å². The zero-order chi connectivity index (χ0) is 23.9. The summed E-state index contributed by atoms with van der Waals surface area (Å²) in [6, 6.07) is 8.26. The predicted octanol–water partition coefficient (Wildman–Crippen LogP) is 4.75. The Bertz CT molecular complexity index is 1340. The monoisotopic (exact) mass is 457 g/mol. The van der Waals surface area contributed by atoms with E-state index in [2.05, 4.69) is 4.98 Å². The van der Waals surface area contributed by atoms with Gasteiger partial charge in [-0.3, -0.25) is 9.36 Å². The van der Waals surface area contributed by atoms with Gasteiger partial charge in [-0.05, 0) is 47.7 Å². The summed E-state index contributed by atoms with van der Waals surface area (Å²) in [4.78, 5) is 27.4. The SMILES string of the molecule is Cc1cc(C(/C=C/c2ccc3c(c2)CCC3=O)C(F)(F)F)cc(-n2ccc(N)nc2=O)c1F. The zero-order valence-electron chi connectivity index (χ0n) is 17.5. The van der Waals surface area contributed by atoms with Gasteiger partial charge in [0.2, 0.25) is 0 Å². The van der Waals surface area contributed by atoms with Crippen molar-refractivity contribution in [3.05, 3.63) is 92.8 Å². The summed E-state index contributed by atoms with van der Waals surface area (Å²) < 4.78 is 57.6. The molecular formula is C24H19F4N3O2. The van der Waals surface area contributed by atoms with E-state index < -0.39 is 23.6 Å². The van der Waals surface area contributed by atoms with E-state index in [0.717, 1.165) is 34.5 Å². The Labute approximate surface area is 186 Å². The molecule has 3 aromatic rings. The van der Waals surface area contributed by atoms with Gasteiger partial charge in [0.15, 0.2) is 5.78 Å². The number of benzene rings is 2. The molecule has 0 bridgehead atoms. The molecule has 2 N–H and O–H groups in total. The summed E-state index contributed by atoms with van der Waals surface area (Å²) in [5, 5.41) is 0. The highest BCUT2D eigenvalue weighted by Crippen LogP contribution is 2.38. The van der Waals surface area contributed by atoms with Crippen molar-refractivity contribution >= 4 is 17.7 Å². The summed E-state index contributed by atoms with van der Waals surface area (Å²) in [5.41, 5.74) is 5.85. The Hall–Kier alpha value is -3.75. The number of allylic oxidation sites excluding steroid dienone is 1. The number of nitrogens with two attached hydrogens (primary N) is 1. The van der Waals surface area contributed by atoms with Crippen LogP contribution in [0.1, 0.15) is 45.0 Å². The molecule has 0 saturated heterocycles. The predicted molar refractivity (Wildman–Crippen MR) is 116 cm³/mol. The van der Waals surface area contributed by atoms with Gasteiger partial charge in [-0.25, -0.2) is 9.18 Å². The first kappa shape index (κ1) is 22.4. The van der Waals surface area contributed by atoms with Crippen molar-refractivity contribution in [1.29, 1.82) is 0 Å². The molecule has 9 heteroatoms. The summed E-state index contributed by atoms with van der Waals surface area (Å²) in [6.45, 7) is 1.33.